The fourth-order valence-electron chi connectivity index (χ4n) is 5.48. The molecule has 48 heavy (non-hydrogen) atoms. The SMILES string of the molecule is CCCCN(CCNC(=O)/C=C/c1ccc2cc(OC)c(OC)c(OC)c2c1)C(=O)/C=C/c1ccc2cc(OC)c(OC)c(OC)c2c1. The fraction of sp³-hybridized carbons (Fsp3) is 0.316. The first-order valence-corrected chi connectivity index (χ1v) is 15.7. The third kappa shape index (κ3) is 8.12. The topological polar surface area (TPSA) is 105 Å². The van der Waals surface area contributed by atoms with Crippen LogP contribution in [0.2, 0.25) is 0 Å². The molecule has 4 aromatic carbocycles. The number of benzene rings is 4. The summed E-state index contributed by atoms with van der Waals surface area (Å²) in [6, 6.07) is 15.4. The lowest BCUT2D eigenvalue weighted by Gasteiger charge is -2.21. The van der Waals surface area contributed by atoms with Gasteiger partial charge in [0.2, 0.25) is 23.3 Å². The Morgan fingerprint density at radius 1 is 0.646 bits per heavy atom. The number of ether oxygens (including phenoxy) is 6. The van der Waals surface area contributed by atoms with Gasteiger partial charge in [0.25, 0.3) is 0 Å². The molecule has 0 spiro atoms. The summed E-state index contributed by atoms with van der Waals surface area (Å²) in [4.78, 5) is 27.7. The Labute approximate surface area is 281 Å². The minimum absolute atomic E-state index is 0.134. The molecule has 2 amide bonds. The Morgan fingerprint density at radius 2 is 1.15 bits per heavy atom. The van der Waals surface area contributed by atoms with Crippen molar-refractivity contribution in [1.29, 1.82) is 0 Å². The predicted molar refractivity (Wildman–Crippen MR) is 190 cm³/mol. The monoisotopic (exact) mass is 656 g/mol. The summed E-state index contributed by atoms with van der Waals surface area (Å²) < 4.78 is 33.2. The first-order valence-electron chi connectivity index (χ1n) is 15.7. The largest absolute Gasteiger partial charge is 0.493 e. The predicted octanol–water partition coefficient (Wildman–Crippen LogP) is 6.52. The number of rotatable bonds is 16. The molecule has 0 saturated carbocycles. The van der Waals surface area contributed by atoms with Crippen molar-refractivity contribution in [3.63, 3.8) is 0 Å². The van der Waals surface area contributed by atoms with Crippen molar-refractivity contribution in [2.75, 3.05) is 62.3 Å². The molecule has 4 rings (SSSR count). The average molecular weight is 657 g/mol. The van der Waals surface area contributed by atoms with Crippen molar-refractivity contribution in [2.24, 2.45) is 0 Å². The van der Waals surface area contributed by atoms with Gasteiger partial charge in [0.1, 0.15) is 0 Å². The Bertz CT molecular complexity index is 1810. The molecule has 0 unspecified atom stereocenters. The van der Waals surface area contributed by atoms with Gasteiger partial charge >= 0.3 is 0 Å². The number of carbonyl (C=O) groups is 2. The van der Waals surface area contributed by atoms with E-state index in [1.54, 1.807) is 65.8 Å². The second kappa shape index (κ2) is 17.0. The third-order valence-electron chi connectivity index (χ3n) is 7.95. The van der Waals surface area contributed by atoms with Crippen LogP contribution in [-0.4, -0.2) is 79.0 Å². The molecule has 0 saturated heterocycles. The minimum atomic E-state index is -0.259. The maximum absolute atomic E-state index is 13.2. The summed E-state index contributed by atoms with van der Waals surface area (Å²) >= 11 is 0. The van der Waals surface area contributed by atoms with E-state index in [9.17, 15) is 9.59 Å². The van der Waals surface area contributed by atoms with Crippen LogP contribution in [0.25, 0.3) is 33.7 Å². The van der Waals surface area contributed by atoms with Crippen LogP contribution in [0.3, 0.4) is 0 Å². The maximum Gasteiger partial charge on any atom is 0.246 e. The first kappa shape index (κ1) is 35.5. The van der Waals surface area contributed by atoms with E-state index in [1.807, 2.05) is 48.5 Å². The molecule has 0 atom stereocenters. The summed E-state index contributed by atoms with van der Waals surface area (Å²) in [5.74, 6) is 2.88. The average Bonchev–Trinajstić information content (AvgIpc) is 3.12. The fourth-order valence-corrected chi connectivity index (χ4v) is 5.48. The number of carbonyl (C=O) groups excluding carboxylic acids is 2. The van der Waals surface area contributed by atoms with E-state index in [0.29, 0.717) is 54.1 Å². The molecule has 0 bridgehead atoms. The molecule has 0 aliphatic rings. The number of hydrogen-bond acceptors (Lipinski definition) is 8. The van der Waals surface area contributed by atoms with Crippen molar-refractivity contribution in [1.82, 2.24) is 10.2 Å². The van der Waals surface area contributed by atoms with E-state index < -0.39 is 0 Å². The summed E-state index contributed by atoms with van der Waals surface area (Å²) in [5, 5.41) is 6.40. The number of nitrogens with one attached hydrogen (secondary N) is 1. The molecule has 0 fully saturated rings. The number of methoxy groups -OCH3 is 6. The highest BCUT2D eigenvalue weighted by Gasteiger charge is 2.17. The lowest BCUT2D eigenvalue weighted by molar-refractivity contribution is -0.126. The van der Waals surface area contributed by atoms with Gasteiger partial charge in [-0.2, -0.15) is 0 Å². The summed E-state index contributed by atoms with van der Waals surface area (Å²) in [7, 11) is 9.45. The molecule has 1 N–H and O–H groups in total. The highest BCUT2D eigenvalue weighted by atomic mass is 16.5. The van der Waals surface area contributed by atoms with Gasteiger partial charge < -0.3 is 38.6 Å². The van der Waals surface area contributed by atoms with Gasteiger partial charge in [0, 0.05) is 42.6 Å². The minimum Gasteiger partial charge on any atom is -0.493 e. The van der Waals surface area contributed by atoms with E-state index >= 15 is 0 Å². The van der Waals surface area contributed by atoms with E-state index in [4.69, 9.17) is 28.4 Å². The lowest BCUT2D eigenvalue weighted by Crippen LogP contribution is -2.38. The van der Waals surface area contributed by atoms with E-state index in [2.05, 4.69) is 12.2 Å². The Morgan fingerprint density at radius 3 is 1.60 bits per heavy atom. The van der Waals surface area contributed by atoms with E-state index in [-0.39, 0.29) is 11.8 Å². The van der Waals surface area contributed by atoms with Crippen molar-refractivity contribution >= 4 is 45.5 Å². The molecular weight excluding hydrogens is 612 g/mol. The summed E-state index contributed by atoms with van der Waals surface area (Å²) in [6.07, 6.45) is 8.34. The van der Waals surface area contributed by atoms with Crippen molar-refractivity contribution < 1.29 is 38.0 Å². The van der Waals surface area contributed by atoms with Crippen LogP contribution >= 0.6 is 0 Å². The molecule has 254 valence electrons. The zero-order valence-corrected chi connectivity index (χ0v) is 28.7. The third-order valence-corrected chi connectivity index (χ3v) is 7.95. The first-order chi connectivity index (χ1) is 23.3. The molecule has 0 aliphatic heterocycles. The summed E-state index contributed by atoms with van der Waals surface area (Å²) in [6.45, 7) is 3.34. The standard InChI is InChI=1S/C38H44N2O8/c1-8-9-19-40(34(42)17-13-26-11-15-28-24-32(44-3)38(48-7)36(46-5)30(28)22-26)20-18-39-33(41)16-12-25-10-14-27-23-31(43-2)37(47-6)35(45-4)29(27)21-25/h10-17,21-24H,8-9,18-20H2,1-7H3,(H,39,41)/b16-12+,17-13+. The second-order valence-corrected chi connectivity index (χ2v) is 10.9. The molecule has 10 nitrogen and oxygen atoms in total. The molecular formula is C38H44N2O8. The van der Waals surface area contributed by atoms with Crippen LogP contribution < -0.4 is 33.7 Å². The molecule has 0 radical (unpaired) electrons. The van der Waals surface area contributed by atoms with Crippen molar-refractivity contribution in [2.45, 2.75) is 19.8 Å². The van der Waals surface area contributed by atoms with Crippen LogP contribution in [0.1, 0.15) is 30.9 Å². The van der Waals surface area contributed by atoms with E-state index in [0.717, 1.165) is 45.5 Å². The molecule has 0 aromatic heterocycles. The summed E-state index contributed by atoms with van der Waals surface area (Å²) in [5.41, 5.74) is 1.65. The lowest BCUT2D eigenvalue weighted by atomic mass is 10.0. The number of nitrogens with zero attached hydrogens (tertiary/aromatic N) is 1. The quantitative estimate of drug-likeness (QED) is 0.136. The van der Waals surface area contributed by atoms with Crippen LogP contribution in [0.15, 0.2) is 60.7 Å². The van der Waals surface area contributed by atoms with Gasteiger partial charge in [-0.15, -0.1) is 0 Å². The maximum atomic E-state index is 13.2. The Balaban J connectivity index is 1.42. The van der Waals surface area contributed by atoms with Crippen LogP contribution in [0, 0.1) is 0 Å². The smallest absolute Gasteiger partial charge is 0.246 e. The van der Waals surface area contributed by atoms with E-state index in [1.165, 1.54) is 6.08 Å². The van der Waals surface area contributed by atoms with Crippen LogP contribution in [-0.2, 0) is 9.59 Å². The van der Waals surface area contributed by atoms with Crippen LogP contribution in [0.5, 0.6) is 34.5 Å². The van der Waals surface area contributed by atoms with Gasteiger partial charge in [-0.05, 0) is 64.7 Å². The van der Waals surface area contributed by atoms with Gasteiger partial charge in [-0.1, -0.05) is 37.6 Å². The molecule has 0 heterocycles. The van der Waals surface area contributed by atoms with Gasteiger partial charge in [-0.3, -0.25) is 9.59 Å². The van der Waals surface area contributed by atoms with Crippen LogP contribution in [0.4, 0.5) is 0 Å². The molecule has 10 heteroatoms. The Kier molecular flexibility index (Phi) is 12.5. The highest BCUT2D eigenvalue weighted by Crippen LogP contribution is 2.44. The Hall–Kier alpha value is -5.38. The number of hydrogen-bond donors (Lipinski definition) is 1. The second-order valence-electron chi connectivity index (χ2n) is 10.9. The number of fused-ring (bicyclic) bond motifs is 2. The zero-order valence-electron chi connectivity index (χ0n) is 28.7. The highest BCUT2D eigenvalue weighted by molar-refractivity contribution is 5.98. The molecule has 4 aromatic rings. The normalized spacial score (nSPS) is 11.2. The molecule has 0 aliphatic carbocycles. The van der Waals surface area contributed by atoms with Crippen molar-refractivity contribution in [3.05, 3.63) is 71.8 Å². The number of unbranched alkanes of at least 4 members (excludes halogenated alkanes) is 1. The van der Waals surface area contributed by atoms with Crippen molar-refractivity contribution in [3.8, 4) is 34.5 Å². The van der Waals surface area contributed by atoms with Gasteiger partial charge in [0.05, 0.1) is 42.7 Å². The number of amides is 2. The zero-order chi connectivity index (χ0) is 34.6. The van der Waals surface area contributed by atoms with Gasteiger partial charge in [-0.25, -0.2) is 0 Å². The van der Waals surface area contributed by atoms with Gasteiger partial charge in [0.15, 0.2) is 23.0 Å².